The molecule has 0 aliphatic heterocycles. The fourth-order valence-electron chi connectivity index (χ4n) is 2.35. The van der Waals surface area contributed by atoms with Gasteiger partial charge in [-0.15, -0.1) is 0 Å². The van der Waals surface area contributed by atoms with E-state index in [4.69, 9.17) is 16.3 Å². The lowest BCUT2D eigenvalue weighted by molar-refractivity contribution is 0.297. The quantitative estimate of drug-likeness (QED) is 0.679. The van der Waals surface area contributed by atoms with Gasteiger partial charge in [0.2, 0.25) is 0 Å². The van der Waals surface area contributed by atoms with Crippen molar-refractivity contribution in [3.63, 3.8) is 0 Å². The Morgan fingerprint density at radius 3 is 2.55 bits per heavy atom. The molecular weight excluding hydrogens is 270 g/mol. The predicted octanol–water partition coefficient (Wildman–Crippen LogP) is 4.72. The van der Waals surface area contributed by atoms with Crippen molar-refractivity contribution in [2.24, 2.45) is 7.05 Å². The molecule has 0 saturated heterocycles. The minimum absolute atomic E-state index is 0.532. The minimum atomic E-state index is 0.532. The van der Waals surface area contributed by atoms with E-state index in [-0.39, 0.29) is 0 Å². The number of hydrogen-bond donors (Lipinski definition) is 0. The van der Waals surface area contributed by atoms with E-state index in [1.165, 1.54) is 5.56 Å². The Balaban J connectivity index is 1.86. The molecule has 0 unspecified atom stereocenters. The third-order valence-electron chi connectivity index (χ3n) is 3.51. The van der Waals surface area contributed by atoms with Gasteiger partial charge in [-0.05, 0) is 31.2 Å². The Morgan fingerprint density at radius 2 is 1.85 bits per heavy atom. The third kappa shape index (κ3) is 2.39. The van der Waals surface area contributed by atoms with E-state index < -0.39 is 0 Å². The molecule has 0 atom stereocenters. The van der Waals surface area contributed by atoms with Crippen LogP contribution in [0.25, 0.3) is 10.9 Å². The van der Waals surface area contributed by atoms with Gasteiger partial charge in [-0.2, -0.15) is 0 Å². The largest absolute Gasteiger partial charge is 0.487 e. The van der Waals surface area contributed by atoms with Crippen molar-refractivity contribution in [1.29, 1.82) is 0 Å². The summed E-state index contributed by atoms with van der Waals surface area (Å²) in [7, 11) is 2.02. The van der Waals surface area contributed by atoms with E-state index >= 15 is 0 Å². The Labute approximate surface area is 123 Å². The highest BCUT2D eigenvalue weighted by molar-refractivity contribution is 6.35. The number of aromatic nitrogens is 1. The average molecular weight is 286 g/mol. The van der Waals surface area contributed by atoms with Gasteiger partial charge in [-0.3, -0.25) is 0 Å². The normalized spacial score (nSPS) is 10.9. The molecule has 3 rings (SSSR count). The number of hydrogen-bond acceptors (Lipinski definition) is 1. The first kappa shape index (κ1) is 13.1. The first-order chi connectivity index (χ1) is 9.65. The van der Waals surface area contributed by atoms with Gasteiger partial charge < -0.3 is 9.30 Å². The SMILES string of the molecule is Cc1ccc(OCc2cc3cccc(Cl)c3n2C)cc1. The van der Waals surface area contributed by atoms with Crippen LogP contribution in [-0.2, 0) is 13.7 Å². The molecule has 0 aliphatic rings. The Hall–Kier alpha value is -1.93. The van der Waals surface area contributed by atoms with Crippen molar-refractivity contribution >= 4 is 22.5 Å². The number of halogens is 1. The van der Waals surface area contributed by atoms with Gasteiger partial charge in [0, 0.05) is 12.4 Å². The van der Waals surface area contributed by atoms with Crippen molar-refractivity contribution in [2.75, 3.05) is 0 Å². The molecule has 1 heterocycles. The Kier molecular flexibility index (Phi) is 3.41. The second-order valence-electron chi connectivity index (χ2n) is 4.97. The van der Waals surface area contributed by atoms with E-state index in [1.54, 1.807) is 0 Å². The maximum Gasteiger partial charge on any atom is 0.128 e. The topological polar surface area (TPSA) is 14.2 Å². The zero-order valence-electron chi connectivity index (χ0n) is 11.6. The minimum Gasteiger partial charge on any atom is -0.487 e. The van der Waals surface area contributed by atoms with E-state index in [0.717, 1.165) is 27.4 Å². The highest BCUT2D eigenvalue weighted by atomic mass is 35.5. The molecule has 0 radical (unpaired) electrons. The smallest absolute Gasteiger partial charge is 0.128 e. The van der Waals surface area contributed by atoms with Gasteiger partial charge in [-0.25, -0.2) is 0 Å². The fourth-order valence-corrected chi connectivity index (χ4v) is 2.66. The molecule has 102 valence electrons. The van der Waals surface area contributed by atoms with Crippen molar-refractivity contribution < 1.29 is 4.74 Å². The summed E-state index contributed by atoms with van der Waals surface area (Å²) in [6.07, 6.45) is 0. The number of ether oxygens (including phenoxy) is 1. The van der Waals surface area contributed by atoms with Crippen LogP contribution in [0.15, 0.2) is 48.5 Å². The number of aryl methyl sites for hydroxylation is 2. The van der Waals surface area contributed by atoms with Gasteiger partial charge in [0.15, 0.2) is 0 Å². The second kappa shape index (κ2) is 5.22. The summed E-state index contributed by atoms with van der Waals surface area (Å²) in [5, 5.41) is 1.91. The zero-order valence-corrected chi connectivity index (χ0v) is 12.3. The molecule has 2 aromatic carbocycles. The zero-order chi connectivity index (χ0) is 14.1. The van der Waals surface area contributed by atoms with Gasteiger partial charge in [0.05, 0.1) is 16.2 Å². The maximum atomic E-state index is 6.25. The predicted molar refractivity (Wildman–Crippen MR) is 83.4 cm³/mol. The summed E-state index contributed by atoms with van der Waals surface area (Å²) >= 11 is 6.25. The molecule has 0 saturated carbocycles. The maximum absolute atomic E-state index is 6.25. The van der Waals surface area contributed by atoms with E-state index in [1.807, 2.05) is 43.4 Å². The third-order valence-corrected chi connectivity index (χ3v) is 3.82. The molecule has 0 N–H and O–H groups in total. The summed E-state index contributed by atoms with van der Waals surface area (Å²) in [5.41, 5.74) is 3.39. The monoisotopic (exact) mass is 285 g/mol. The van der Waals surface area contributed by atoms with E-state index in [2.05, 4.69) is 23.6 Å². The number of fused-ring (bicyclic) bond motifs is 1. The van der Waals surface area contributed by atoms with Gasteiger partial charge >= 0.3 is 0 Å². The van der Waals surface area contributed by atoms with Crippen LogP contribution < -0.4 is 4.74 Å². The Morgan fingerprint density at radius 1 is 1.10 bits per heavy atom. The summed E-state index contributed by atoms with van der Waals surface area (Å²) in [5.74, 6) is 0.881. The van der Waals surface area contributed by atoms with Crippen LogP contribution in [-0.4, -0.2) is 4.57 Å². The molecule has 3 heteroatoms. The summed E-state index contributed by atoms with van der Waals surface area (Å²) in [6, 6.07) is 16.1. The van der Waals surface area contributed by atoms with Crippen LogP contribution in [0.5, 0.6) is 5.75 Å². The molecular formula is C17H16ClNO. The summed E-state index contributed by atoms with van der Waals surface area (Å²) < 4.78 is 7.92. The second-order valence-corrected chi connectivity index (χ2v) is 5.38. The van der Waals surface area contributed by atoms with Crippen molar-refractivity contribution in [2.45, 2.75) is 13.5 Å². The standard InChI is InChI=1S/C17H16ClNO/c1-12-6-8-15(9-7-12)20-11-14-10-13-4-3-5-16(18)17(13)19(14)2/h3-10H,11H2,1-2H3. The molecule has 2 nitrogen and oxygen atoms in total. The first-order valence-electron chi connectivity index (χ1n) is 6.57. The van der Waals surface area contributed by atoms with Gasteiger partial charge in [-0.1, -0.05) is 41.4 Å². The average Bonchev–Trinajstić information content (AvgIpc) is 2.76. The molecule has 0 fully saturated rings. The van der Waals surface area contributed by atoms with Crippen molar-refractivity contribution in [3.05, 3.63) is 64.8 Å². The lowest BCUT2D eigenvalue weighted by Gasteiger charge is -2.08. The lowest BCUT2D eigenvalue weighted by atomic mass is 10.2. The van der Waals surface area contributed by atoms with Crippen LogP contribution >= 0.6 is 11.6 Å². The molecule has 0 bridgehead atoms. The van der Waals surface area contributed by atoms with E-state index in [9.17, 15) is 0 Å². The summed E-state index contributed by atoms with van der Waals surface area (Å²) in [6.45, 7) is 2.60. The van der Waals surface area contributed by atoms with Crippen LogP contribution in [0.4, 0.5) is 0 Å². The van der Waals surface area contributed by atoms with Crippen LogP contribution in [0.3, 0.4) is 0 Å². The van der Waals surface area contributed by atoms with E-state index in [0.29, 0.717) is 6.61 Å². The highest BCUT2D eigenvalue weighted by Gasteiger charge is 2.09. The molecule has 1 aromatic heterocycles. The van der Waals surface area contributed by atoms with Crippen molar-refractivity contribution in [3.8, 4) is 5.75 Å². The van der Waals surface area contributed by atoms with Crippen LogP contribution in [0.1, 0.15) is 11.3 Å². The fraction of sp³-hybridized carbons (Fsp3) is 0.176. The molecule has 3 aromatic rings. The molecule has 0 amide bonds. The van der Waals surface area contributed by atoms with Gasteiger partial charge in [0.1, 0.15) is 12.4 Å². The van der Waals surface area contributed by atoms with Crippen LogP contribution in [0.2, 0.25) is 5.02 Å². The Bertz CT molecular complexity index is 744. The van der Waals surface area contributed by atoms with Crippen LogP contribution in [0, 0.1) is 6.92 Å². The first-order valence-corrected chi connectivity index (χ1v) is 6.95. The van der Waals surface area contributed by atoms with Gasteiger partial charge in [0.25, 0.3) is 0 Å². The summed E-state index contributed by atoms with van der Waals surface area (Å²) in [4.78, 5) is 0. The number of rotatable bonds is 3. The lowest BCUT2D eigenvalue weighted by Crippen LogP contribution is -2.01. The highest BCUT2D eigenvalue weighted by Crippen LogP contribution is 2.26. The molecule has 20 heavy (non-hydrogen) atoms. The number of nitrogens with zero attached hydrogens (tertiary/aromatic N) is 1. The molecule has 0 spiro atoms. The number of benzene rings is 2. The molecule has 0 aliphatic carbocycles. The van der Waals surface area contributed by atoms with Crippen molar-refractivity contribution in [1.82, 2.24) is 4.57 Å². The number of para-hydroxylation sites is 1.